The third kappa shape index (κ3) is 3.98. The van der Waals surface area contributed by atoms with Gasteiger partial charge in [-0.15, -0.1) is 5.10 Å². The van der Waals surface area contributed by atoms with Crippen molar-refractivity contribution in [1.82, 2.24) is 35.1 Å². The number of aromatic nitrogens is 6. The van der Waals surface area contributed by atoms with Crippen molar-refractivity contribution in [3.05, 3.63) is 60.7 Å². The first-order chi connectivity index (χ1) is 15.2. The molecular formula is C22H23N7O2. The van der Waals surface area contributed by atoms with E-state index in [0.29, 0.717) is 12.3 Å². The van der Waals surface area contributed by atoms with Crippen LogP contribution in [0.25, 0.3) is 16.7 Å². The highest BCUT2D eigenvalue weighted by molar-refractivity contribution is 5.81. The molecule has 1 saturated heterocycles. The smallest absolute Gasteiger partial charge is 0.263 e. The third-order valence-corrected chi connectivity index (χ3v) is 5.64. The van der Waals surface area contributed by atoms with Gasteiger partial charge in [0.05, 0.1) is 16.7 Å². The number of imidazole rings is 1. The highest BCUT2D eigenvalue weighted by Gasteiger charge is 2.30. The number of fused-ring (bicyclic) bond motifs is 1. The number of aromatic amines is 1. The summed E-state index contributed by atoms with van der Waals surface area (Å²) in [4.78, 5) is 23.1. The maximum absolute atomic E-state index is 13.0. The molecule has 1 fully saturated rings. The number of likely N-dealkylation sites (tertiary alicyclic amines) is 1. The minimum Gasteiger partial charge on any atom is -0.481 e. The van der Waals surface area contributed by atoms with Gasteiger partial charge < -0.3 is 14.6 Å². The zero-order valence-corrected chi connectivity index (χ0v) is 17.2. The Kier molecular flexibility index (Phi) is 5.07. The Morgan fingerprint density at radius 2 is 2.03 bits per heavy atom. The number of rotatable bonds is 5. The average Bonchev–Trinajstić information content (AvgIpc) is 3.49. The highest BCUT2D eigenvalue weighted by Crippen LogP contribution is 2.27. The van der Waals surface area contributed by atoms with E-state index < -0.39 is 6.10 Å². The van der Waals surface area contributed by atoms with Crippen molar-refractivity contribution < 1.29 is 9.53 Å². The topological polar surface area (TPSA) is 102 Å². The van der Waals surface area contributed by atoms with E-state index in [-0.39, 0.29) is 11.8 Å². The van der Waals surface area contributed by atoms with Crippen LogP contribution in [0.3, 0.4) is 0 Å². The quantitative estimate of drug-likeness (QED) is 0.536. The zero-order valence-electron chi connectivity index (χ0n) is 17.2. The van der Waals surface area contributed by atoms with E-state index in [1.807, 2.05) is 53.4 Å². The number of hydrogen-bond donors (Lipinski definition) is 1. The summed E-state index contributed by atoms with van der Waals surface area (Å²) in [6, 6.07) is 15.3. The van der Waals surface area contributed by atoms with Crippen LogP contribution >= 0.6 is 0 Å². The van der Waals surface area contributed by atoms with E-state index in [1.165, 1.54) is 6.33 Å². The Hall–Kier alpha value is -3.75. The van der Waals surface area contributed by atoms with Gasteiger partial charge in [0.2, 0.25) is 0 Å². The van der Waals surface area contributed by atoms with Crippen LogP contribution < -0.4 is 4.74 Å². The lowest BCUT2D eigenvalue weighted by Gasteiger charge is -2.33. The molecular weight excluding hydrogens is 394 g/mol. The maximum atomic E-state index is 13.0. The third-order valence-electron chi connectivity index (χ3n) is 5.64. The Labute approximate surface area is 179 Å². The molecule has 31 heavy (non-hydrogen) atoms. The Morgan fingerprint density at radius 3 is 2.81 bits per heavy atom. The van der Waals surface area contributed by atoms with Crippen LogP contribution in [0, 0.1) is 0 Å². The Bertz CT molecular complexity index is 1140. The summed E-state index contributed by atoms with van der Waals surface area (Å²) >= 11 is 0. The Balaban J connectivity index is 1.23. The van der Waals surface area contributed by atoms with Gasteiger partial charge in [0, 0.05) is 19.0 Å². The predicted octanol–water partition coefficient (Wildman–Crippen LogP) is 2.71. The second kappa shape index (κ2) is 8.17. The highest BCUT2D eigenvalue weighted by atomic mass is 16.5. The first-order valence-electron chi connectivity index (χ1n) is 10.4. The first kappa shape index (κ1) is 19.2. The summed E-state index contributed by atoms with van der Waals surface area (Å²) in [7, 11) is 0. The molecule has 9 nitrogen and oxygen atoms in total. The molecule has 2 unspecified atom stereocenters. The van der Waals surface area contributed by atoms with Crippen LogP contribution in [0.4, 0.5) is 0 Å². The summed E-state index contributed by atoms with van der Waals surface area (Å²) in [5, 5.41) is 11.1. The molecule has 3 heterocycles. The number of para-hydroxylation sites is 2. The molecule has 2 aromatic carbocycles. The van der Waals surface area contributed by atoms with Gasteiger partial charge in [-0.25, -0.2) is 9.67 Å². The molecule has 1 amide bonds. The number of H-pyrrole nitrogens is 1. The van der Waals surface area contributed by atoms with E-state index >= 15 is 0 Å². The second-order valence-corrected chi connectivity index (χ2v) is 7.77. The van der Waals surface area contributed by atoms with Crippen LogP contribution in [0.2, 0.25) is 0 Å². The number of carbonyl (C=O) groups excluding carboxylic acids is 1. The summed E-state index contributed by atoms with van der Waals surface area (Å²) in [6.45, 7) is 3.18. The number of ether oxygens (including phenoxy) is 1. The van der Waals surface area contributed by atoms with E-state index in [2.05, 4.69) is 20.5 Å². The SMILES string of the molecule is CC(Oc1ccc(-n2cnnn2)cc1)C(=O)N1CCCC(c2nc3ccccc3[nH]2)C1. The molecule has 0 spiro atoms. The number of carbonyl (C=O) groups is 1. The van der Waals surface area contributed by atoms with Crippen molar-refractivity contribution >= 4 is 16.9 Å². The fourth-order valence-electron chi connectivity index (χ4n) is 4.04. The van der Waals surface area contributed by atoms with Gasteiger partial charge in [-0.05, 0) is 66.6 Å². The molecule has 9 heteroatoms. The molecule has 0 aliphatic carbocycles. The van der Waals surface area contributed by atoms with Gasteiger partial charge in [0.25, 0.3) is 5.91 Å². The molecule has 2 aromatic heterocycles. The lowest BCUT2D eigenvalue weighted by molar-refractivity contribution is -0.139. The molecule has 4 aromatic rings. The van der Waals surface area contributed by atoms with E-state index in [1.54, 1.807) is 11.6 Å². The predicted molar refractivity (Wildman–Crippen MR) is 114 cm³/mol. The minimum atomic E-state index is -0.576. The van der Waals surface area contributed by atoms with E-state index in [0.717, 1.165) is 41.9 Å². The molecule has 0 bridgehead atoms. The van der Waals surface area contributed by atoms with Crippen molar-refractivity contribution in [1.29, 1.82) is 0 Å². The number of hydrogen-bond acceptors (Lipinski definition) is 6. The molecule has 158 valence electrons. The summed E-state index contributed by atoms with van der Waals surface area (Å²) in [6.07, 6.45) is 2.91. The standard InChI is InChI=1S/C22H23N7O2/c1-15(31-18-10-8-17(9-11-18)29-14-23-26-27-29)22(30)28-12-4-5-16(13-28)21-24-19-6-2-3-7-20(19)25-21/h2-3,6-11,14-16H,4-5,12-13H2,1H3,(H,24,25). The van der Waals surface area contributed by atoms with Gasteiger partial charge in [-0.1, -0.05) is 12.1 Å². The lowest BCUT2D eigenvalue weighted by Crippen LogP contribution is -2.45. The second-order valence-electron chi connectivity index (χ2n) is 7.77. The number of nitrogens with zero attached hydrogens (tertiary/aromatic N) is 6. The number of benzene rings is 2. The van der Waals surface area contributed by atoms with Crippen molar-refractivity contribution in [2.24, 2.45) is 0 Å². The van der Waals surface area contributed by atoms with Crippen LogP contribution in [-0.4, -0.2) is 60.2 Å². The Morgan fingerprint density at radius 1 is 1.19 bits per heavy atom. The minimum absolute atomic E-state index is 0.00892. The largest absolute Gasteiger partial charge is 0.481 e. The van der Waals surface area contributed by atoms with Gasteiger partial charge in [-0.2, -0.15) is 0 Å². The number of amides is 1. The monoisotopic (exact) mass is 417 g/mol. The van der Waals surface area contributed by atoms with Crippen molar-refractivity contribution in [3.63, 3.8) is 0 Å². The van der Waals surface area contributed by atoms with Crippen molar-refractivity contribution in [2.45, 2.75) is 31.8 Å². The lowest BCUT2D eigenvalue weighted by atomic mass is 9.97. The number of piperidine rings is 1. The van der Waals surface area contributed by atoms with Gasteiger partial charge in [0.1, 0.15) is 17.9 Å². The fraction of sp³-hybridized carbons (Fsp3) is 0.318. The molecule has 2 atom stereocenters. The van der Waals surface area contributed by atoms with E-state index in [9.17, 15) is 4.79 Å². The van der Waals surface area contributed by atoms with Gasteiger partial charge in [-0.3, -0.25) is 4.79 Å². The maximum Gasteiger partial charge on any atom is 0.263 e. The van der Waals surface area contributed by atoms with Crippen molar-refractivity contribution in [2.75, 3.05) is 13.1 Å². The van der Waals surface area contributed by atoms with Crippen LogP contribution in [-0.2, 0) is 4.79 Å². The zero-order chi connectivity index (χ0) is 21.2. The van der Waals surface area contributed by atoms with Gasteiger partial charge in [0.15, 0.2) is 6.10 Å². The number of tetrazole rings is 1. The summed E-state index contributed by atoms with van der Waals surface area (Å²) < 4.78 is 7.47. The van der Waals surface area contributed by atoms with Crippen LogP contribution in [0.1, 0.15) is 31.5 Å². The molecule has 0 saturated carbocycles. The normalized spacial score (nSPS) is 17.6. The van der Waals surface area contributed by atoms with Gasteiger partial charge >= 0.3 is 0 Å². The molecule has 0 radical (unpaired) electrons. The summed E-state index contributed by atoms with van der Waals surface area (Å²) in [5.41, 5.74) is 2.81. The molecule has 5 rings (SSSR count). The number of nitrogens with one attached hydrogen (secondary N) is 1. The van der Waals surface area contributed by atoms with Crippen LogP contribution in [0.15, 0.2) is 54.9 Å². The molecule has 1 aliphatic heterocycles. The first-order valence-corrected chi connectivity index (χ1v) is 10.4. The summed E-state index contributed by atoms with van der Waals surface area (Å²) in [5.74, 6) is 1.77. The fourth-order valence-corrected chi connectivity index (χ4v) is 4.04. The van der Waals surface area contributed by atoms with E-state index in [4.69, 9.17) is 9.72 Å². The molecule has 1 N–H and O–H groups in total. The van der Waals surface area contributed by atoms with Crippen LogP contribution in [0.5, 0.6) is 5.75 Å². The average molecular weight is 417 g/mol. The van der Waals surface area contributed by atoms with Crippen molar-refractivity contribution in [3.8, 4) is 11.4 Å². The molecule has 1 aliphatic rings.